The van der Waals surface area contributed by atoms with Crippen molar-refractivity contribution in [1.29, 1.82) is 0 Å². The lowest BCUT2D eigenvalue weighted by Gasteiger charge is -2.25. The maximum Gasteiger partial charge on any atom is 0.251 e. The van der Waals surface area contributed by atoms with Gasteiger partial charge in [-0.25, -0.2) is 13.8 Å². The Morgan fingerprint density at radius 1 is 1.09 bits per heavy atom. The number of rotatable bonds is 8. The van der Waals surface area contributed by atoms with Crippen LogP contribution in [0.3, 0.4) is 0 Å². The molecule has 0 fully saturated rings. The monoisotopic (exact) mass is 665 g/mol. The van der Waals surface area contributed by atoms with Crippen molar-refractivity contribution in [3.05, 3.63) is 104 Å². The summed E-state index contributed by atoms with van der Waals surface area (Å²) in [5.74, 6) is -0.994. The van der Waals surface area contributed by atoms with E-state index in [0.717, 1.165) is 28.4 Å². The summed E-state index contributed by atoms with van der Waals surface area (Å²) in [5.41, 5.74) is 4.27. The SMILES string of the molecule is COc1cccc(C(CNC(=O)c2cc3c(c(OC)c2)NC(C)C(Cl)=C3)c2cc3c(c(-c4cc(Cl)c(F)cc4F)n2)OCC3C)c1. The van der Waals surface area contributed by atoms with E-state index in [4.69, 9.17) is 42.4 Å². The van der Waals surface area contributed by atoms with Crippen molar-refractivity contribution in [2.75, 3.05) is 32.7 Å². The van der Waals surface area contributed by atoms with Crippen molar-refractivity contribution in [3.63, 3.8) is 0 Å². The van der Waals surface area contributed by atoms with Gasteiger partial charge >= 0.3 is 0 Å². The highest BCUT2D eigenvalue weighted by molar-refractivity contribution is 6.33. The molecule has 3 unspecified atom stereocenters. The number of carbonyl (C=O) groups excluding carboxylic acids is 1. The normalized spacial score (nSPS) is 17.2. The minimum Gasteiger partial charge on any atom is -0.497 e. The lowest BCUT2D eigenvalue weighted by molar-refractivity contribution is 0.0952. The number of halogens is 4. The first-order valence-electron chi connectivity index (χ1n) is 14.7. The van der Waals surface area contributed by atoms with Crippen LogP contribution in [0, 0.1) is 11.6 Å². The molecule has 2 aliphatic rings. The fraction of sp³-hybridized carbons (Fsp3) is 0.257. The molecular weight excluding hydrogens is 635 g/mol. The number of hydrogen-bond acceptors (Lipinski definition) is 6. The number of nitrogens with zero attached hydrogens (tertiary/aromatic N) is 1. The number of fused-ring (bicyclic) bond motifs is 2. The second-order valence-corrected chi connectivity index (χ2v) is 12.2. The maximum atomic E-state index is 15.2. The van der Waals surface area contributed by atoms with Crippen LogP contribution in [-0.4, -0.2) is 44.3 Å². The smallest absolute Gasteiger partial charge is 0.251 e. The van der Waals surface area contributed by atoms with E-state index in [-0.39, 0.29) is 40.7 Å². The Labute approximate surface area is 275 Å². The molecule has 11 heteroatoms. The Hall–Kier alpha value is -4.34. The van der Waals surface area contributed by atoms with E-state index >= 15 is 4.39 Å². The number of anilines is 1. The summed E-state index contributed by atoms with van der Waals surface area (Å²) in [6.45, 7) is 4.43. The molecule has 0 saturated heterocycles. The minimum absolute atomic E-state index is 0.0165. The molecule has 7 nitrogen and oxygen atoms in total. The Balaban J connectivity index is 1.41. The van der Waals surface area contributed by atoms with Crippen LogP contribution in [0.15, 0.2) is 59.6 Å². The topological polar surface area (TPSA) is 81.7 Å². The number of pyridine rings is 1. The van der Waals surface area contributed by atoms with Crippen LogP contribution >= 0.6 is 23.2 Å². The van der Waals surface area contributed by atoms with Crippen LogP contribution in [-0.2, 0) is 0 Å². The lowest BCUT2D eigenvalue weighted by atomic mass is 9.91. The highest BCUT2D eigenvalue weighted by Gasteiger charge is 2.31. The molecule has 3 aromatic carbocycles. The van der Waals surface area contributed by atoms with Crippen molar-refractivity contribution in [2.24, 2.45) is 0 Å². The third kappa shape index (κ3) is 5.97. The molecule has 0 bridgehead atoms. The fourth-order valence-electron chi connectivity index (χ4n) is 5.76. The van der Waals surface area contributed by atoms with Gasteiger partial charge in [0.15, 0.2) is 0 Å². The van der Waals surface area contributed by atoms with Crippen LogP contribution in [0.5, 0.6) is 17.2 Å². The second kappa shape index (κ2) is 12.8. The highest BCUT2D eigenvalue weighted by atomic mass is 35.5. The number of benzene rings is 3. The third-order valence-electron chi connectivity index (χ3n) is 8.30. The largest absolute Gasteiger partial charge is 0.497 e. The van der Waals surface area contributed by atoms with Gasteiger partial charge in [0.1, 0.15) is 34.6 Å². The van der Waals surface area contributed by atoms with E-state index in [0.29, 0.717) is 40.1 Å². The Bertz CT molecular complexity index is 1880. The van der Waals surface area contributed by atoms with Crippen molar-refractivity contribution >= 4 is 40.9 Å². The van der Waals surface area contributed by atoms with Gasteiger partial charge in [0.2, 0.25) is 0 Å². The average molecular weight is 667 g/mol. The van der Waals surface area contributed by atoms with Gasteiger partial charge in [0.25, 0.3) is 5.91 Å². The quantitative estimate of drug-likeness (QED) is 0.185. The average Bonchev–Trinajstić information content (AvgIpc) is 3.43. The molecular formula is C35H31Cl2F2N3O4. The van der Waals surface area contributed by atoms with Gasteiger partial charge in [-0.05, 0) is 55.0 Å². The number of hydrogen-bond donors (Lipinski definition) is 2. The molecule has 3 atom stereocenters. The summed E-state index contributed by atoms with van der Waals surface area (Å²) in [5, 5.41) is 6.74. The van der Waals surface area contributed by atoms with Gasteiger partial charge in [-0.3, -0.25) is 4.79 Å². The van der Waals surface area contributed by atoms with Crippen LogP contribution in [0.25, 0.3) is 17.3 Å². The Morgan fingerprint density at radius 3 is 2.65 bits per heavy atom. The molecule has 0 saturated carbocycles. The fourth-order valence-corrected chi connectivity index (χ4v) is 6.10. The summed E-state index contributed by atoms with van der Waals surface area (Å²) >= 11 is 12.5. The van der Waals surface area contributed by atoms with Crippen molar-refractivity contribution in [2.45, 2.75) is 31.7 Å². The van der Waals surface area contributed by atoms with Crippen LogP contribution in [0.2, 0.25) is 5.02 Å². The Kier molecular flexibility index (Phi) is 8.81. The zero-order valence-corrected chi connectivity index (χ0v) is 27.0. The molecule has 1 amide bonds. The molecule has 238 valence electrons. The molecule has 0 aliphatic carbocycles. The predicted octanol–water partition coefficient (Wildman–Crippen LogP) is 8.15. The number of aromatic nitrogens is 1. The van der Waals surface area contributed by atoms with Crippen molar-refractivity contribution in [1.82, 2.24) is 10.3 Å². The summed E-state index contributed by atoms with van der Waals surface area (Å²) in [4.78, 5) is 18.5. The maximum absolute atomic E-state index is 15.2. The lowest BCUT2D eigenvalue weighted by Crippen LogP contribution is -2.30. The molecule has 0 radical (unpaired) electrons. The number of nitrogens with one attached hydrogen (secondary N) is 2. The van der Waals surface area contributed by atoms with Gasteiger partial charge in [-0.1, -0.05) is 42.3 Å². The molecule has 3 heterocycles. The van der Waals surface area contributed by atoms with Crippen LogP contribution < -0.4 is 24.8 Å². The Morgan fingerprint density at radius 2 is 1.89 bits per heavy atom. The zero-order valence-electron chi connectivity index (χ0n) is 25.5. The molecule has 2 N–H and O–H groups in total. The van der Waals surface area contributed by atoms with E-state index in [1.54, 1.807) is 26.4 Å². The number of carbonyl (C=O) groups is 1. The minimum atomic E-state index is -0.871. The first-order chi connectivity index (χ1) is 22.1. The number of amides is 1. The summed E-state index contributed by atoms with van der Waals surface area (Å²) < 4.78 is 46.4. The van der Waals surface area contributed by atoms with E-state index in [2.05, 4.69) is 10.6 Å². The summed E-state index contributed by atoms with van der Waals surface area (Å²) in [7, 11) is 3.11. The number of ether oxygens (including phenoxy) is 3. The van der Waals surface area contributed by atoms with E-state index < -0.39 is 17.6 Å². The molecule has 0 spiro atoms. The second-order valence-electron chi connectivity index (χ2n) is 11.3. The zero-order chi connectivity index (χ0) is 32.7. The summed E-state index contributed by atoms with van der Waals surface area (Å²) in [6, 6.07) is 14.6. The number of methoxy groups -OCH3 is 2. The van der Waals surface area contributed by atoms with E-state index in [1.165, 1.54) is 6.07 Å². The molecule has 2 aliphatic heterocycles. The molecule has 4 aromatic rings. The molecule has 1 aromatic heterocycles. The van der Waals surface area contributed by atoms with E-state index in [1.807, 2.05) is 50.3 Å². The first-order valence-corrected chi connectivity index (χ1v) is 15.4. The molecule has 46 heavy (non-hydrogen) atoms. The van der Waals surface area contributed by atoms with Gasteiger partial charge in [0, 0.05) is 51.7 Å². The first kappa shape index (κ1) is 31.6. The van der Waals surface area contributed by atoms with Crippen molar-refractivity contribution < 1.29 is 27.8 Å². The molecule has 6 rings (SSSR count). The van der Waals surface area contributed by atoms with Gasteiger partial charge in [0.05, 0.1) is 43.3 Å². The van der Waals surface area contributed by atoms with Gasteiger partial charge in [-0.15, -0.1) is 0 Å². The van der Waals surface area contributed by atoms with Crippen LogP contribution in [0.4, 0.5) is 14.5 Å². The van der Waals surface area contributed by atoms with Crippen molar-refractivity contribution in [3.8, 4) is 28.5 Å². The van der Waals surface area contributed by atoms with Gasteiger partial charge < -0.3 is 24.8 Å². The highest BCUT2D eigenvalue weighted by Crippen LogP contribution is 2.44. The standard InChI is InChI=1S/C35H31Cl2F2N3O4/c1-17-16-46-34-23(17)13-30(42-33(34)24-12-27(37)29(39)14-28(24)38)25(19-6-5-7-22(9-19)44-3)15-40-35(43)21-8-20-10-26(36)18(2)41-32(20)31(11-21)45-4/h5-14,17-18,25,41H,15-16H2,1-4H3,(H,40,43). The van der Waals surface area contributed by atoms with Crippen LogP contribution in [0.1, 0.15) is 58.4 Å². The third-order valence-corrected chi connectivity index (χ3v) is 9.02. The van der Waals surface area contributed by atoms with Gasteiger partial charge in [-0.2, -0.15) is 0 Å². The van der Waals surface area contributed by atoms with E-state index in [9.17, 15) is 9.18 Å². The predicted molar refractivity (Wildman–Crippen MR) is 176 cm³/mol. The summed E-state index contributed by atoms with van der Waals surface area (Å²) in [6.07, 6.45) is 1.82.